The van der Waals surface area contributed by atoms with E-state index in [0.717, 1.165) is 0 Å². The number of rotatable bonds is 1. The molecule has 0 aliphatic heterocycles. The van der Waals surface area contributed by atoms with Gasteiger partial charge in [-0.3, -0.25) is 0 Å². The van der Waals surface area contributed by atoms with Crippen LogP contribution >= 0.6 is 0 Å². The van der Waals surface area contributed by atoms with Crippen LogP contribution in [0.15, 0.2) is 237 Å². The Bertz CT molecular complexity index is 2840. The lowest BCUT2D eigenvalue weighted by molar-refractivity contribution is 1.32. The molecule has 10 rings (SSSR count). The number of hydrogen-bond acceptors (Lipinski definition) is 0. The van der Waals surface area contributed by atoms with Crippen LogP contribution in [0.2, 0.25) is 0 Å². The second-order valence-electron chi connectivity index (χ2n) is 17.5. The summed E-state index contributed by atoms with van der Waals surface area (Å²) in [7, 11) is 0. The summed E-state index contributed by atoms with van der Waals surface area (Å²) in [6, 6.07) is 82.5. The Morgan fingerprint density at radius 1 is 0.179 bits per heavy atom. The molecule has 0 saturated heterocycles. The summed E-state index contributed by atoms with van der Waals surface area (Å²) < 4.78 is 0. The van der Waals surface area contributed by atoms with Gasteiger partial charge in [-0.25, -0.2) is 0 Å². The lowest BCUT2D eigenvalue weighted by Crippen LogP contribution is -1.78. The Morgan fingerprint density at radius 3 is 1.00 bits per heavy atom. The number of hydrogen-bond donors (Lipinski definition) is 0. The van der Waals surface area contributed by atoms with Gasteiger partial charge in [0.2, 0.25) is 0 Å². The van der Waals surface area contributed by atoms with Crippen LogP contribution in [0.5, 0.6) is 0 Å². The third-order valence-electron chi connectivity index (χ3n) is 10.7. The van der Waals surface area contributed by atoms with Gasteiger partial charge in [-0.05, 0) is 114 Å². The molecule has 0 bridgehead atoms. The molecule has 0 unspecified atom stereocenters. The average Bonchev–Trinajstić information content (AvgIpc) is 3.31. The van der Waals surface area contributed by atoms with Gasteiger partial charge in [0.1, 0.15) is 0 Å². The first-order valence-corrected chi connectivity index (χ1v) is 23.4. The molecular formula is C67H72. The first-order valence-electron chi connectivity index (χ1n) is 23.4. The molecule has 0 heteroatoms. The van der Waals surface area contributed by atoms with Crippen LogP contribution < -0.4 is 0 Å². The molecule has 0 heterocycles. The first kappa shape index (κ1) is 52.3. The summed E-state index contributed by atoms with van der Waals surface area (Å²) in [5, 5.41) is 5.33. The summed E-state index contributed by atoms with van der Waals surface area (Å²) in [4.78, 5) is 0. The third kappa shape index (κ3) is 20.6. The molecule has 0 aliphatic carbocycles. The average molecular weight is 877 g/mol. The fourth-order valence-corrected chi connectivity index (χ4v) is 7.33. The maximum Gasteiger partial charge on any atom is -0.0155 e. The largest absolute Gasteiger partial charge is 0.0622 e. The molecule has 0 aromatic heterocycles. The normalized spacial score (nSPS) is 9.72. The van der Waals surface area contributed by atoms with Crippen molar-refractivity contribution in [2.24, 2.45) is 0 Å². The Hall–Kier alpha value is -7.28. The van der Waals surface area contributed by atoms with Crippen molar-refractivity contribution in [3.63, 3.8) is 0 Å². The predicted octanol–water partition coefficient (Wildman–Crippen LogP) is 19.2. The van der Waals surface area contributed by atoms with E-state index >= 15 is 0 Å². The number of benzene rings is 10. The molecule has 0 spiro atoms. The van der Waals surface area contributed by atoms with E-state index < -0.39 is 0 Å². The second-order valence-corrected chi connectivity index (χ2v) is 17.5. The van der Waals surface area contributed by atoms with Crippen LogP contribution in [-0.2, 0) is 0 Å². The zero-order valence-corrected chi connectivity index (χ0v) is 42.0. The minimum absolute atomic E-state index is 1.28. The van der Waals surface area contributed by atoms with E-state index in [-0.39, 0.29) is 0 Å². The molecule has 10 aromatic carbocycles. The first-order chi connectivity index (χ1) is 32.2. The highest BCUT2D eigenvalue weighted by Crippen LogP contribution is 2.20. The van der Waals surface area contributed by atoms with E-state index in [1.165, 1.54) is 93.9 Å². The van der Waals surface area contributed by atoms with Crippen LogP contribution in [0.25, 0.3) is 32.7 Å². The summed E-state index contributed by atoms with van der Waals surface area (Å²) in [6.07, 6.45) is 0. The fourth-order valence-electron chi connectivity index (χ4n) is 7.33. The Balaban J connectivity index is 0.000000172. The Morgan fingerprint density at radius 2 is 0.522 bits per heavy atom. The van der Waals surface area contributed by atoms with Crippen molar-refractivity contribution in [2.45, 2.75) is 76.2 Å². The van der Waals surface area contributed by atoms with Crippen LogP contribution in [-0.4, -0.2) is 0 Å². The lowest BCUT2D eigenvalue weighted by atomic mass is 10.0. The van der Waals surface area contributed by atoms with Gasteiger partial charge in [-0.1, -0.05) is 292 Å². The molecule has 0 radical (unpaired) electrons. The predicted molar refractivity (Wildman–Crippen MR) is 298 cm³/mol. The van der Waals surface area contributed by atoms with Gasteiger partial charge in [-0.2, -0.15) is 0 Å². The minimum Gasteiger partial charge on any atom is -0.0622 e. The molecule has 67 heavy (non-hydrogen) atoms. The van der Waals surface area contributed by atoms with E-state index in [0.29, 0.717) is 0 Å². The van der Waals surface area contributed by atoms with E-state index in [1.807, 2.05) is 24.3 Å². The quantitative estimate of drug-likeness (QED) is 0.154. The molecule has 0 saturated carbocycles. The van der Waals surface area contributed by atoms with Crippen LogP contribution in [0.3, 0.4) is 0 Å². The second kappa shape index (κ2) is 28.6. The fraction of sp³-hybridized carbons (Fsp3) is 0.164. The molecular weight excluding hydrogens is 805 g/mol. The molecule has 10 aromatic rings. The van der Waals surface area contributed by atoms with Crippen LogP contribution in [0, 0.1) is 76.2 Å². The molecule has 0 atom stereocenters. The van der Waals surface area contributed by atoms with Gasteiger partial charge < -0.3 is 0 Å². The third-order valence-corrected chi connectivity index (χ3v) is 10.7. The maximum atomic E-state index is 2.20. The topological polar surface area (TPSA) is 0 Å². The van der Waals surface area contributed by atoms with Crippen molar-refractivity contribution in [3.8, 4) is 11.1 Å². The van der Waals surface area contributed by atoms with Crippen molar-refractivity contribution >= 4 is 21.5 Å². The molecule has 340 valence electrons. The van der Waals surface area contributed by atoms with Crippen LogP contribution in [0.4, 0.5) is 0 Å². The minimum atomic E-state index is 1.28. The molecule has 0 aliphatic rings. The lowest BCUT2D eigenvalue weighted by Gasteiger charge is -2.01. The zero-order chi connectivity index (χ0) is 48.4. The van der Waals surface area contributed by atoms with Crippen LogP contribution in [0.1, 0.15) is 61.2 Å². The summed E-state index contributed by atoms with van der Waals surface area (Å²) >= 11 is 0. The number of aryl methyl sites for hydroxylation is 11. The summed E-state index contributed by atoms with van der Waals surface area (Å²) in [5.41, 5.74) is 17.3. The molecule has 0 nitrogen and oxygen atoms in total. The van der Waals surface area contributed by atoms with E-state index in [1.54, 1.807) is 0 Å². The van der Waals surface area contributed by atoms with E-state index in [9.17, 15) is 0 Å². The summed E-state index contributed by atoms with van der Waals surface area (Å²) in [5.74, 6) is 0. The van der Waals surface area contributed by atoms with Crippen molar-refractivity contribution in [1.29, 1.82) is 0 Å². The molecule has 0 N–H and O–H groups in total. The van der Waals surface area contributed by atoms with Gasteiger partial charge in [0.25, 0.3) is 0 Å². The van der Waals surface area contributed by atoms with Crippen molar-refractivity contribution in [2.75, 3.05) is 0 Å². The highest BCUT2D eigenvalue weighted by Gasteiger charge is 1.95. The zero-order valence-electron chi connectivity index (χ0n) is 42.0. The standard InChI is InChI=1S/C13H12.2C11H10.C9H12.2C8H10.C7H8/c1-11-6-5-9-13(10-11)12-7-3-2-4-8-12;1-9-5-4-7-10-6-2-3-8-11(9)10;1-9-6-7-10-4-2-3-5-11(10)8-9;1-7-4-8(2)6-9(3)5-7;1-7-3-5-8(2)6-4-7;1-7-4-3-5-8(2)6-7;1-7-5-3-2-4-6-7/h2-10H,1H3;2*2-8H,1H3;4-6H,1-3H3;2*3-6H,1-2H3;2-6H,1H3. The van der Waals surface area contributed by atoms with E-state index in [4.69, 9.17) is 0 Å². The van der Waals surface area contributed by atoms with Gasteiger partial charge >= 0.3 is 0 Å². The van der Waals surface area contributed by atoms with Gasteiger partial charge in [0, 0.05) is 0 Å². The monoisotopic (exact) mass is 877 g/mol. The van der Waals surface area contributed by atoms with Gasteiger partial charge in [0.15, 0.2) is 0 Å². The SMILES string of the molecule is Cc1cc(C)cc(C)c1.Cc1ccc(C)cc1.Cc1ccc2ccccc2c1.Cc1cccc(-c2ccccc2)c1.Cc1cccc(C)c1.Cc1cccc2ccccc12.Cc1ccccc1. The van der Waals surface area contributed by atoms with Crippen molar-refractivity contribution < 1.29 is 0 Å². The van der Waals surface area contributed by atoms with Crippen molar-refractivity contribution in [3.05, 3.63) is 298 Å². The highest BCUT2D eigenvalue weighted by molar-refractivity contribution is 5.85. The van der Waals surface area contributed by atoms with Gasteiger partial charge in [0.05, 0.1) is 0 Å². The van der Waals surface area contributed by atoms with Crippen molar-refractivity contribution in [1.82, 2.24) is 0 Å². The molecule has 0 amide bonds. The van der Waals surface area contributed by atoms with Gasteiger partial charge in [-0.15, -0.1) is 0 Å². The smallest absolute Gasteiger partial charge is 0.0155 e. The summed E-state index contributed by atoms with van der Waals surface area (Å²) in [6.45, 7) is 23.2. The maximum absolute atomic E-state index is 2.20. The highest BCUT2D eigenvalue weighted by atomic mass is 14.0. The molecule has 0 fully saturated rings. The Labute approximate surface area is 404 Å². The Kier molecular flexibility index (Phi) is 22.3. The van der Waals surface area contributed by atoms with E-state index in [2.05, 4.69) is 288 Å². The number of fused-ring (bicyclic) bond motifs is 2.